The van der Waals surface area contributed by atoms with E-state index in [-0.39, 0.29) is 0 Å². The Balaban J connectivity index is 2.26. The van der Waals surface area contributed by atoms with Gasteiger partial charge in [0.05, 0.1) is 0 Å². The standard InChI is InChI=1S/C17H17Cl/c18-14-8-7-13-17(15-9-3-1-4-10-15)16-11-5-2-6-12-16/h1-12,17H,13-14H2. The van der Waals surface area contributed by atoms with Crippen molar-refractivity contribution in [3.63, 3.8) is 0 Å². The average molecular weight is 257 g/mol. The van der Waals surface area contributed by atoms with Gasteiger partial charge in [0.15, 0.2) is 0 Å². The van der Waals surface area contributed by atoms with E-state index in [9.17, 15) is 0 Å². The van der Waals surface area contributed by atoms with Crippen LogP contribution in [0.15, 0.2) is 72.8 Å². The molecule has 2 aromatic rings. The summed E-state index contributed by atoms with van der Waals surface area (Å²) >= 11 is 5.69. The Hall–Kier alpha value is -1.53. The van der Waals surface area contributed by atoms with Crippen molar-refractivity contribution < 1.29 is 0 Å². The molecule has 0 nitrogen and oxygen atoms in total. The van der Waals surface area contributed by atoms with Crippen molar-refractivity contribution in [2.24, 2.45) is 0 Å². The molecule has 0 fully saturated rings. The second-order valence-corrected chi connectivity index (χ2v) is 4.54. The van der Waals surface area contributed by atoms with E-state index in [4.69, 9.17) is 11.6 Å². The van der Waals surface area contributed by atoms with Crippen molar-refractivity contribution in [2.45, 2.75) is 12.3 Å². The zero-order valence-corrected chi connectivity index (χ0v) is 11.1. The third-order valence-corrected chi connectivity index (χ3v) is 3.21. The Kier molecular flexibility index (Phi) is 5.04. The molecule has 0 aliphatic carbocycles. The number of hydrogen-bond acceptors (Lipinski definition) is 0. The van der Waals surface area contributed by atoms with E-state index in [1.165, 1.54) is 11.1 Å². The Bertz CT molecular complexity index is 434. The normalized spacial score (nSPS) is 11.2. The molecule has 0 saturated carbocycles. The van der Waals surface area contributed by atoms with Gasteiger partial charge in [-0.25, -0.2) is 0 Å². The summed E-state index contributed by atoms with van der Waals surface area (Å²) in [5.74, 6) is 0.989. The molecule has 0 spiro atoms. The first-order chi connectivity index (χ1) is 8.92. The van der Waals surface area contributed by atoms with Gasteiger partial charge in [-0.15, -0.1) is 11.6 Å². The van der Waals surface area contributed by atoms with Gasteiger partial charge in [0, 0.05) is 11.8 Å². The van der Waals surface area contributed by atoms with E-state index in [1.807, 2.05) is 6.08 Å². The summed E-state index contributed by atoms with van der Waals surface area (Å²) in [6, 6.07) is 21.2. The van der Waals surface area contributed by atoms with E-state index >= 15 is 0 Å². The van der Waals surface area contributed by atoms with E-state index in [0.29, 0.717) is 11.8 Å². The summed E-state index contributed by atoms with van der Waals surface area (Å²) in [6.45, 7) is 0. The second-order valence-electron chi connectivity index (χ2n) is 4.24. The van der Waals surface area contributed by atoms with Gasteiger partial charge >= 0.3 is 0 Å². The van der Waals surface area contributed by atoms with Gasteiger partial charge in [0.25, 0.3) is 0 Å². The molecular formula is C17H17Cl. The van der Waals surface area contributed by atoms with Crippen LogP contribution in [0.3, 0.4) is 0 Å². The van der Waals surface area contributed by atoms with Crippen LogP contribution in [0.2, 0.25) is 0 Å². The lowest BCUT2D eigenvalue weighted by Crippen LogP contribution is -1.99. The third kappa shape index (κ3) is 3.48. The fraction of sp³-hybridized carbons (Fsp3) is 0.176. The third-order valence-electron chi connectivity index (χ3n) is 3.03. The highest BCUT2D eigenvalue weighted by molar-refractivity contribution is 6.18. The molecule has 0 aliphatic rings. The van der Waals surface area contributed by atoms with E-state index in [2.05, 4.69) is 66.7 Å². The highest BCUT2D eigenvalue weighted by Gasteiger charge is 2.11. The fourth-order valence-corrected chi connectivity index (χ4v) is 2.26. The first-order valence-electron chi connectivity index (χ1n) is 6.22. The molecule has 2 rings (SSSR count). The molecule has 0 unspecified atom stereocenters. The molecule has 0 aliphatic heterocycles. The lowest BCUT2D eigenvalue weighted by Gasteiger charge is -2.16. The summed E-state index contributed by atoms with van der Waals surface area (Å²) in [5.41, 5.74) is 2.70. The van der Waals surface area contributed by atoms with Crippen LogP contribution in [0, 0.1) is 0 Å². The Morgan fingerprint density at radius 1 is 0.778 bits per heavy atom. The van der Waals surface area contributed by atoms with Crippen molar-refractivity contribution >= 4 is 11.6 Å². The van der Waals surface area contributed by atoms with Gasteiger partial charge in [0.1, 0.15) is 0 Å². The van der Waals surface area contributed by atoms with Gasteiger partial charge in [-0.05, 0) is 17.5 Å². The zero-order chi connectivity index (χ0) is 12.6. The van der Waals surface area contributed by atoms with Crippen LogP contribution in [-0.2, 0) is 0 Å². The number of allylic oxidation sites excluding steroid dienone is 2. The molecule has 0 radical (unpaired) electrons. The molecule has 0 amide bonds. The van der Waals surface area contributed by atoms with E-state index in [1.54, 1.807) is 0 Å². The molecule has 18 heavy (non-hydrogen) atoms. The molecule has 0 atom stereocenters. The lowest BCUT2D eigenvalue weighted by molar-refractivity contribution is 0.829. The maximum Gasteiger partial charge on any atom is 0.0404 e. The summed E-state index contributed by atoms with van der Waals surface area (Å²) in [7, 11) is 0. The van der Waals surface area contributed by atoms with Gasteiger partial charge < -0.3 is 0 Å². The quantitative estimate of drug-likeness (QED) is 0.521. The van der Waals surface area contributed by atoms with Crippen LogP contribution in [0.5, 0.6) is 0 Å². The minimum atomic E-state index is 0.409. The highest BCUT2D eigenvalue weighted by atomic mass is 35.5. The van der Waals surface area contributed by atoms with Gasteiger partial charge in [-0.2, -0.15) is 0 Å². The van der Waals surface area contributed by atoms with Crippen molar-refractivity contribution in [3.05, 3.63) is 83.9 Å². The predicted molar refractivity (Wildman–Crippen MR) is 79.2 cm³/mol. The summed E-state index contributed by atoms with van der Waals surface area (Å²) < 4.78 is 0. The average Bonchev–Trinajstić information content (AvgIpc) is 2.46. The molecule has 0 bridgehead atoms. The van der Waals surface area contributed by atoms with Crippen LogP contribution in [0.4, 0.5) is 0 Å². The molecule has 1 heteroatoms. The number of rotatable bonds is 5. The number of benzene rings is 2. The summed E-state index contributed by atoms with van der Waals surface area (Å²) in [4.78, 5) is 0. The van der Waals surface area contributed by atoms with Crippen LogP contribution in [0.1, 0.15) is 23.5 Å². The van der Waals surface area contributed by atoms with Crippen LogP contribution >= 0.6 is 11.6 Å². The number of alkyl halides is 1. The van der Waals surface area contributed by atoms with Crippen molar-refractivity contribution in [1.29, 1.82) is 0 Å². The lowest BCUT2D eigenvalue weighted by atomic mass is 9.88. The highest BCUT2D eigenvalue weighted by Crippen LogP contribution is 2.28. The van der Waals surface area contributed by atoms with Crippen LogP contribution in [-0.4, -0.2) is 5.88 Å². The molecule has 0 saturated heterocycles. The van der Waals surface area contributed by atoms with Crippen LogP contribution in [0.25, 0.3) is 0 Å². The molecular weight excluding hydrogens is 240 g/mol. The summed E-state index contributed by atoms with van der Waals surface area (Å²) in [5, 5.41) is 0. The van der Waals surface area contributed by atoms with Crippen molar-refractivity contribution in [2.75, 3.05) is 5.88 Å². The number of hydrogen-bond donors (Lipinski definition) is 0. The molecule has 0 heterocycles. The maximum atomic E-state index is 5.69. The van der Waals surface area contributed by atoms with Gasteiger partial charge in [-0.1, -0.05) is 72.8 Å². The topological polar surface area (TPSA) is 0 Å². The maximum absolute atomic E-state index is 5.69. The van der Waals surface area contributed by atoms with Gasteiger partial charge in [0.2, 0.25) is 0 Å². The Morgan fingerprint density at radius 3 is 1.72 bits per heavy atom. The number of halogens is 1. The molecule has 92 valence electrons. The molecule has 0 N–H and O–H groups in total. The Morgan fingerprint density at radius 2 is 1.28 bits per heavy atom. The second kappa shape index (κ2) is 7.03. The first-order valence-corrected chi connectivity index (χ1v) is 6.76. The minimum absolute atomic E-state index is 0.409. The monoisotopic (exact) mass is 256 g/mol. The Labute approximate surface area is 114 Å². The van der Waals surface area contributed by atoms with Crippen molar-refractivity contribution in [1.82, 2.24) is 0 Å². The van der Waals surface area contributed by atoms with Crippen LogP contribution < -0.4 is 0 Å². The fourth-order valence-electron chi connectivity index (χ4n) is 2.13. The summed E-state index contributed by atoms with van der Waals surface area (Å²) in [6.07, 6.45) is 5.17. The van der Waals surface area contributed by atoms with Crippen molar-refractivity contribution in [3.8, 4) is 0 Å². The van der Waals surface area contributed by atoms with E-state index < -0.39 is 0 Å². The SMILES string of the molecule is ClCC=CCC(c1ccccc1)c1ccccc1. The molecule has 2 aromatic carbocycles. The molecule has 0 aromatic heterocycles. The largest absolute Gasteiger partial charge is 0.122 e. The zero-order valence-electron chi connectivity index (χ0n) is 10.3. The first kappa shape index (κ1) is 12.9. The minimum Gasteiger partial charge on any atom is -0.122 e. The predicted octanol–water partition coefficient (Wildman–Crippen LogP) is 5.00. The smallest absolute Gasteiger partial charge is 0.0404 e. The van der Waals surface area contributed by atoms with E-state index in [0.717, 1.165) is 6.42 Å². The van der Waals surface area contributed by atoms with Gasteiger partial charge in [-0.3, -0.25) is 0 Å².